The number of Topliss-reactive ketones (excluding diaryl/α,β-unsaturated/α-hetero) is 2. The summed E-state index contributed by atoms with van der Waals surface area (Å²) in [6.07, 6.45) is 9.46. The van der Waals surface area contributed by atoms with Gasteiger partial charge in [-0.25, -0.2) is 0 Å². The molecule has 0 aromatic heterocycles. The smallest absolute Gasteiger partial charge is 0.859 e. The van der Waals surface area contributed by atoms with Gasteiger partial charge >= 0.3 is 29.6 Å². The van der Waals surface area contributed by atoms with Gasteiger partial charge in [-0.05, 0) is 79.1 Å². The standard InChI is InChI=1S/C29H38N2O6.Na/c1-3-15-11-17-12-19-18-5-4-6-23(35)30-10-9-21(33)27-28(36)26(29(37)31-27)20(32)8-7-16(18)13-22(34)25(19)24(17)14(15)2;/h4,6-8,14-19,21,24-25,27,32-33H,3,5,9-13H2,1-2H3,(H,30,35)(H,31,37);/q;+1/p-1/b6-4-,8-7+,26-20?;/t14-,15-,16-,17+,18+,19+,21?,24+,25+,27?;/m0./s1. The van der Waals surface area contributed by atoms with Gasteiger partial charge in [0.2, 0.25) is 0 Å². The van der Waals surface area contributed by atoms with Crippen LogP contribution in [0, 0.1) is 47.3 Å². The van der Waals surface area contributed by atoms with Crippen molar-refractivity contribution in [2.24, 2.45) is 52.3 Å². The molecular weight excluding hydrogens is 495 g/mol. The van der Waals surface area contributed by atoms with Gasteiger partial charge in [0.25, 0.3) is 5.91 Å². The number of hydrogen-bond donors (Lipinski definition) is 3. The van der Waals surface area contributed by atoms with Gasteiger partial charge in [-0.3, -0.25) is 14.4 Å². The van der Waals surface area contributed by atoms with E-state index in [4.69, 9.17) is 0 Å². The number of hydrogen-bond acceptors (Lipinski definition) is 7. The fourth-order valence-corrected chi connectivity index (χ4v) is 8.20. The minimum absolute atomic E-state index is 0. The molecule has 2 unspecified atom stereocenters. The number of rotatable bonds is 1. The number of allylic oxidation sites excluding steroid dienone is 3. The quantitative estimate of drug-likeness (QED) is 0.294. The molecule has 0 aromatic carbocycles. The molecule has 1 amide bonds. The summed E-state index contributed by atoms with van der Waals surface area (Å²) in [5, 5.41) is 35.8. The van der Waals surface area contributed by atoms with Crippen molar-refractivity contribution >= 4 is 23.4 Å². The van der Waals surface area contributed by atoms with Crippen LogP contribution in [0.5, 0.6) is 0 Å². The van der Waals surface area contributed by atoms with Crippen LogP contribution in [0.15, 0.2) is 40.6 Å². The van der Waals surface area contributed by atoms with Crippen molar-refractivity contribution < 1.29 is 59.3 Å². The molecule has 3 aliphatic carbocycles. The first-order valence-electron chi connectivity index (χ1n) is 13.8. The summed E-state index contributed by atoms with van der Waals surface area (Å²) in [5.41, 5.74) is -0.383. The third-order valence-electron chi connectivity index (χ3n) is 9.93. The Kier molecular flexibility index (Phi) is 9.07. The second kappa shape index (κ2) is 11.8. The SMILES string of the molecule is CC[C@H]1C[C@@H]2C[C@@H]3[C@@H]4C/C=C\C([O-])=NCCC(O)C5NC(=O)C(=C(O)/C=C/[C@H]4CC(=O)[C@@H]3[C@@H]2[C@H]1C)C5=O.[Na+]. The first-order chi connectivity index (χ1) is 17.7. The van der Waals surface area contributed by atoms with Gasteiger partial charge in [-0.2, -0.15) is 0 Å². The first-order valence-corrected chi connectivity index (χ1v) is 13.8. The summed E-state index contributed by atoms with van der Waals surface area (Å²) in [7, 11) is 0. The zero-order valence-corrected chi connectivity index (χ0v) is 24.5. The molecule has 2 heterocycles. The van der Waals surface area contributed by atoms with E-state index in [0.717, 1.165) is 12.8 Å². The van der Waals surface area contributed by atoms with Gasteiger partial charge in [0.15, 0.2) is 5.78 Å². The predicted octanol–water partition coefficient (Wildman–Crippen LogP) is -0.964. The van der Waals surface area contributed by atoms with Crippen LogP contribution < -0.4 is 40.0 Å². The Morgan fingerprint density at radius 3 is 2.66 bits per heavy atom. The van der Waals surface area contributed by atoms with Gasteiger partial charge in [0, 0.05) is 18.9 Å². The summed E-state index contributed by atoms with van der Waals surface area (Å²) in [6.45, 7) is 4.55. The monoisotopic (exact) mass is 532 g/mol. The molecule has 5 aliphatic rings. The number of carbonyl (C=O) groups excluding carboxylic acids is 3. The summed E-state index contributed by atoms with van der Waals surface area (Å²) in [6, 6.07) is -1.19. The number of aliphatic hydroxyl groups excluding tert-OH is 2. The molecule has 5 rings (SSSR count). The second-order valence-electron chi connectivity index (χ2n) is 11.7. The molecule has 10 atom stereocenters. The fraction of sp³-hybridized carbons (Fsp3) is 0.655. The minimum Gasteiger partial charge on any atom is -0.859 e. The van der Waals surface area contributed by atoms with Crippen molar-refractivity contribution in [2.75, 3.05) is 6.54 Å². The summed E-state index contributed by atoms with van der Waals surface area (Å²) in [4.78, 5) is 42.8. The molecule has 2 bridgehead atoms. The maximum absolute atomic E-state index is 13.5. The van der Waals surface area contributed by atoms with Crippen LogP contribution in [-0.2, 0) is 14.4 Å². The number of amides is 1. The molecule has 1 saturated heterocycles. The van der Waals surface area contributed by atoms with Crippen LogP contribution in [-0.4, -0.2) is 52.3 Å². The molecule has 4 fully saturated rings. The van der Waals surface area contributed by atoms with E-state index >= 15 is 0 Å². The molecule has 3 N–H and O–H groups in total. The van der Waals surface area contributed by atoms with Crippen LogP contribution in [0.1, 0.15) is 52.4 Å². The van der Waals surface area contributed by atoms with Crippen molar-refractivity contribution in [3.8, 4) is 0 Å². The molecule has 38 heavy (non-hydrogen) atoms. The van der Waals surface area contributed by atoms with Gasteiger partial charge < -0.3 is 25.6 Å². The zero-order chi connectivity index (χ0) is 26.4. The van der Waals surface area contributed by atoms with Crippen LogP contribution >= 0.6 is 0 Å². The summed E-state index contributed by atoms with van der Waals surface area (Å²) >= 11 is 0. The number of ketones is 2. The van der Waals surface area contributed by atoms with Crippen molar-refractivity contribution in [3.05, 3.63) is 35.6 Å². The average Bonchev–Trinajstić information content (AvgIpc) is 3.48. The number of nitrogens with one attached hydrogen (secondary N) is 1. The Bertz CT molecular complexity index is 1100. The Balaban J connectivity index is 0.00000336. The van der Waals surface area contributed by atoms with E-state index in [9.17, 15) is 29.7 Å². The third-order valence-corrected chi connectivity index (χ3v) is 9.93. The molecule has 0 spiro atoms. The largest absolute Gasteiger partial charge is 1.00 e. The number of carbonyl (C=O) groups is 3. The van der Waals surface area contributed by atoms with E-state index in [2.05, 4.69) is 24.2 Å². The predicted molar refractivity (Wildman–Crippen MR) is 135 cm³/mol. The topological polar surface area (TPSA) is 139 Å². The molecule has 9 heteroatoms. The molecule has 0 aromatic rings. The number of nitrogens with zero attached hydrogens (tertiary/aromatic N) is 1. The maximum Gasteiger partial charge on any atom is 1.00 e. The molecule has 8 nitrogen and oxygen atoms in total. The van der Waals surface area contributed by atoms with E-state index in [1.165, 1.54) is 18.6 Å². The number of aliphatic hydroxyl groups is 2. The summed E-state index contributed by atoms with van der Waals surface area (Å²) in [5.74, 6) is 0.280. The zero-order valence-electron chi connectivity index (χ0n) is 22.5. The van der Waals surface area contributed by atoms with Crippen molar-refractivity contribution in [3.63, 3.8) is 0 Å². The second-order valence-corrected chi connectivity index (χ2v) is 11.7. The normalized spacial score (nSPS) is 42.9. The Morgan fingerprint density at radius 2 is 1.92 bits per heavy atom. The van der Waals surface area contributed by atoms with E-state index in [-0.39, 0.29) is 77.6 Å². The van der Waals surface area contributed by atoms with Gasteiger partial charge in [-0.1, -0.05) is 38.5 Å². The molecular formula is C29H37N2NaO6. The summed E-state index contributed by atoms with van der Waals surface area (Å²) < 4.78 is 0. The van der Waals surface area contributed by atoms with Crippen molar-refractivity contribution in [2.45, 2.75) is 64.5 Å². The molecule has 2 aliphatic heterocycles. The van der Waals surface area contributed by atoms with Crippen molar-refractivity contribution in [1.29, 1.82) is 0 Å². The van der Waals surface area contributed by atoms with Crippen LogP contribution in [0.2, 0.25) is 0 Å². The maximum atomic E-state index is 13.5. The molecule has 3 saturated carbocycles. The van der Waals surface area contributed by atoms with Gasteiger partial charge in [0.1, 0.15) is 23.2 Å². The van der Waals surface area contributed by atoms with Gasteiger partial charge in [-0.15, -0.1) is 0 Å². The van der Waals surface area contributed by atoms with Crippen LogP contribution in [0.4, 0.5) is 0 Å². The van der Waals surface area contributed by atoms with Crippen LogP contribution in [0.25, 0.3) is 0 Å². The average molecular weight is 533 g/mol. The Morgan fingerprint density at radius 1 is 1.16 bits per heavy atom. The number of fused-ring (bicyclic) bond motifs is 7. The van der Waals surface area contributed by atoms with Gasteiger partial charge in [0.05, 0.1) is 6.10 Å². The van der Waals surface area contributed by atoms with E-state index in [1.54, 1.807) is 6.08 Å². The fourth-order valence-electron chi connectivity index (χ4n) is 8.20. The van der Waals surface area contributed by atoms with E-state index in [1.807, 2.05) is 6.08 Å². The third kappa shape index (κ3) is 5.21. The van der Waals surface area contributed by atoms with Crippen LogP contribution in [0.3, 0.4) is 0 Å². The van der Waals surface area contributed by atoms with Crippen molar-refractivity contribution in [1.82, 2.24) is 5.32 Å². The minimum atomic E-state index is -1.23. The van der Waals surface area contributed by atoms with E-state index < -0.39 is 35.5 Å². The number of aliphatic imine (C=N–C) groups is 1. The Labute approximate surface area is 246 Å². The first kappa shape index (κ1) is 29.2. The Hall–Kier alpha value is -1.74. The van der Waals surface area contributed by atoms with E-state index in [0.29, 0.717) is 36.5 Å². The molecule has 0 radical (unpaired) electrons. The molecule has 200 valence electrons.